The molecule has 0 spiro atoms. The molecule has 138 valence electrons. The quantitative estimate of drug-likeness (QED) is 0.451. The lowest BCUT2D eigenvalue weighted by Crippen LogP contribution is -2.14. The van der Waals surface area contributed by atoms with Crippen molar-refractivity contribution in [2.45, 2.75) is 12.8 Å². The lowest BCUT2D eigenvalue weighted by molar-refractivity contribution is -0.142. The number of nitrogens with zero attached hydrogens (tertiary/aromatic N) is 2. The van der Waals surface area contributed by atoms with Crippen molar-refractivity contribution < 1.29 is 23.2 Å². The van der Waals surface area contributed by atoms with Crippen LogP contribution in [0.4, 0.5) is 4.39 Å². The molecular formula is C19H14ClFN2O4. The maximum absolute atomic E-state index is 12.8. The van der Waals surface area contributed by atoms with Gasteiger partial charge in [-0.2, -0.15) is 4.98 Å². The molecule has 6 nitrogen and oxygen atoms in total. The highest BCUT2D eigenvalue weighted by atomic mass is 35.5. The number of ether oxygens (including phenoxy) is 1. The van der Waals surface area contributed by atoms with Crippen molar-refractivity contribution in [2.75, 3.05) is 6.61 Å². The van der Waals surface area contributed by atoms with E-state index in [2.05, 4.69) is 10.1 Å². The van der Waals surface area contributed by atoms with Crippen molar-refractivity contribution in [2.24, 2.45) is 0 Å². The summed E-state index contributed by atoms with van der Waals surface area (Å²) in [6.45, 7) is -0.412. The number of halogens is 2. The Labute approximate surface area is 158 Å². The van der Waals surface area contributed by atoms with Gasteiger partial charge in [0.1, 0.15) is 5.82 Å². The summed E-state index contributed by atoms with van der Waals surface area (Å²) in [5.74, 6) is -0.757. The summed E-state index contributed by atoms with van der Waals surface area (Å²) >= 11 is 5.83. The summed E-state index contributed by atoms with van der Waals surface area (Å²) in [7, 11) is 0. The highest BCUT2D eigenvalue weighted by Gasteiger charge is 2.13. The minimum absolute atomic E-state index is 0.0149. The van der Waals surface area contributed by atoms with Gasteiger partial charge in [-0.3, -0.25) is 9.59 Å². The van der Waals surface area contributed by atoms with Crippen molar-refractivity contribution in [3.63, 3.8) is 0 Å². The second kappa shape index (κ2) is 8.55. The van der Waals surface area contributed by atoms with Gasteiger partial charge in [-0.1, -0.05) is 16.8 Å². The summed E-state index contributed by atoms with van der Waals surface area (Å²) < 4.78 is 22.9. The Bertz CT molecular complexity index is 939. The minimum atomic E-state index is -0.572. The molecule has 27 heavy (non-hydrogen) atoms. The van der Waals surface area contributed by atoms with E-state index in [-0.39, 0.29) is 24.3 Å². The lowest BCUT2D eigenvalue weighted by atomic mass is 10.1. The smallest absolute Gasteiger partial charge is 0.306 e. The monoisotopic (exact) mass is 388 g/mol. The van der Waals surface area contributed by atoms with Gasteiger partial charge in [0.05, 0.1) is 6.42 Å². The van der Waals surface area contributed by atoms with Crippen molar-refractivity contribution in [3.8, 4) is 11.4 Å². The standard InChI is InChI=1S/C19H14ClFN2O4/c20-14-5-1-13(2-6-14)19-22-17(27-23-19)9-10-18(25)26-11-16(24)12-3-7-15(21)8-4-12/h1-8H,9-11H2. The van der Waals surface area contributed by atoms with Crippen LogP contribution in [-0.2, 0) is 16.0 Å². The first-order valence-corrected chi connectivity index (χ1v) is 8.42. The Morgan fingerprint density at radius 3 is 2.48 bits per heavy atom. The number of carbonyl (C=O) groups is 2. The highest BCUT2D eigenvalue weighted by molar-refractivity contribution is 6.30. The molecule has 3 aromatic rings. The number of aromatic nitrogens is 2. The molecule has 0 aliphatic heterocycles. The molecular weight excluding hydrogens is 375 g/mol. The molecule has 0 unspecified atom stereocenters. The average Bonchev–Trinajstić information content (AvgIpc) is 3.14. The molecule has 3 rings (SSSR count). The van der Waals surface area contributed by atoms with Crippen LogP contribution in [0.2, 0.25) is 5.02 Å². The molecule has 0 atom stereocenters. The van der Waals surface area contributed by atoms with Gasteiger partial charge < -0.3 is 9.26 Å². The molecule has 0 N–H and O–H groups in total. The van der Waals surface area contributed by atoms with E-state index in [0.717, 1.165) is 5.56 Å². The zero-order valence-corrected chi connectivity index (χ0v) is 14.8. The van der Waals surface area contributed by atoms with Crippen LogP contribution in [-0.4, -0.2) is 28.5 Å². The number of hydrogen-bond acceptors (Lipinski definition) is 6. The van der Waals surface area contributed by atoms with Crippen LogP contribution in [0.3, 0.4) is 0 Å². The first-order chi connectivity index (χ1) is 13.0. The summed E-state index contributed by atoms with van der Waals surface area (Å²) in [6, 6.07) is 11.9. The molecule has 1 aromatic heterocycles. The first-order valence-electron chi connectivity index (χ1n) is 8.04. The molecule has 0 saturated carbocycles. The van der Waals surface area contributed by atoms with Crippen molar-refractivity contribution in [1.82, 2.24) is 10.1 Å². The van der Waals surface area contributed by atoms with Crippen LogP contribution in [0.1, 0.15) is 22.7 Å². The second-order valence-corrected chi connectivity index (χ2v) is 6.05. The largest absolute Gasteiger partial charge is 0.457 e. The Kier molecular flexibility index (Phi) is 5.93. The zero-order chi connectivity index (χ0) is 19.2. The summed E-state index contributed by atoms with van der Waals surface area (Å²) in [6.07, 6.45) is 0.170. The number of ketones is 1. The van der Waals surface area contributed by atoms with Gasteiger partial charge in [0.15, 0.2) is 12.4 Å². The Morgan fingerprint density at radius 1 is 1.07 bits per heavy atom. The van der Waals surface area contributed by atoms with E-state index in [4.69, 9.17) is 20.9 Å². The topological polar surface area (TPSA) is 82.3 Å². The molecule has 0 saturated heterocycles. The van der Waals surface area contributed by atoms with Gasteiger partial charge in [-0.05, 0) is 48.5 Å². The van der Waals surface area contributed by atoms with E-state index >= 15 is 0 Å². The average molecular weight is 389 g/mol. The molecule has 0 fully saturated rings. The number of rotatable bonds is 7. The maximum atomic E-state index is 12.8. The molecule has 1 heterocycles. The fraction of sp³-hybridized carbons (Fsp3) is 0.158. The normalized spacial score (nSPS) is 10.6. The predicted molar refractivity (Wildman–Crippen MR) is 94.8 cm³/mol. The van der Waals surface area contributed by atoms with Crippen LogP contribution >= 0.6 is 11.6 Å². The van der Waals surface area contributed by atoms with Gasteiger partial charge in [-0.25, -0.2) is 4.39 Å². The number of hydrogen-bond donors (Lipinski definition) is 0. The van der Waals surface area contributed by atoms with Crippen LogP contribution in [0.25, 0.3) is 11.4 Å². The minimum Gasteiger partial charge on any atom is -0.457 e. The van der Waals surface area contributed by atoms with Gasteiger partial charge in [0.25, 0.3) is 0 Å². The number of Topliss-reactive ketones (excluding diaryl/α,β-unsaturated/α-hetero) is 1. The molecule has 0 radical (unpaired) electrons. The Balaban J connectivity index is 1.47. The van der Waals surface area contributed by atoms with Crippen LogP contribution in [0.15, 0.2) is 53.1 Å². The first kappa shape index (κ1) is 18.7. The van der Waals surface area contributed by atoms with Gasteiger partial charge in [0.2, 0.25) is 11.7 Å². The molecule has 8 heteroatoms. The highest BCUT2D eigenvalue weighted by Crippen LogP contribution is 2.19. The summed E-state index contributed by atoms with van der Waals surface area (Å²) in [4.78, 5) is 27.9. The Hall–Kier alpha value is -3.06. The van der Waals surface area contributed by atoms with E-state index in [9.17, 15) is 14.0 Å². The second-order valence-electron chi connectivity index (χ2n) is 5.61. The number of esters is 1. The third kappa shape index (κ3) is 5.21. The predicted octanol–water partition coefficient (Wildman–Crippen LogP) is 3.89. The van der Waals surface area contributed by atoms with E-state index in [1.165, 1.54) is 24.3 Å². The van der Waals surface area contributed by atoms with Crippen molar-refractivity contribution in [3.05, 3.63) is 70.8 Å². The molecule has 0 aliphatic rings. The summed E-state index contributed by atoms with van der Waals surface area (Å²) in [5.41, 5.74) is 1.01. The molecule has 0 aliphatic carbocycles. The fourth-order valence-corrected chi connectivity index (χ4v) is 2.34. The van der Waals surface area contributed by atoms with Crippen molar-refractivity contribution in [1.29, 1.82) is 0 Å². The van der Waals surface area contributed by atoms with Gasteiger partial charge in [-0.15, -0.1) is 0 Å². The lowest BCUT2D eigenvalue weighted by Gasteiger charge is -2.03. The van der Waals surface area contributed by atoms with Gasteiger partial charge >= 0.3 is 5.97 Å². The van der Waals surface area contributed by atoms with Crippen LogP contribution in [0, 0.1) is 5.82 Å². The molecule has 0 amide bonds. The van der Waals surface area contributed by atoms with E-state index in [1.54, 1.807) is 24.3 Å². The van der Waals surface area contributed by atoms with E-state index in [0.29, 0.717) is 10.8 Å². The Morgan fingerprint density at radius 2 is 1.78 bits per heavy atom. The van der Waals surface area contributed by atoms with Gasteiger partial charge in [0, 0.05) is 22.6 Å². The fourth-order valence-electron chi connectivity index (χ4n) is 2.22. The SMILES string of the molecule is O=C(CCc1nc(-c2ccc(Cl)cc2)no1)OCC(=O)c1ccc(F)cc1. The number of aryl methyl sites for hydroxylation is 1. The molecule has 0 bridgehead atoms. The number of benzene rings is 2. The van der Waals surface area contributed by atoms with Crippen LogP contribution in [0.5, 0.6) is 0 Å². The zero-order valence-electron chi connectivity index (χ0n) is 14.0. The van der Waals surface area contributed by atoms with Crippen LogP contribution < -0.4 is 0 Å². The third-order valence-corrected chi connectivity index (χ3v) is 3.90. The third-order valence-electron chi connectivity index (χ3n) is 3.64. The number of carbonyl (C=O) groups excluding carboxylic acids is 2. The maximum Gasteiger partial charge on any atom is 0.306 e. The van der Waals surface area contributed by atoms with E-state index < -0.39 is 24.2 Å². The molecule has 2 aromatic carbocycles. The summed E-state index contributed by atoms with van der Waals surface area (Å²) in [5, 5.41) is 4.45. The van der Waals surface area contributed by atoms with Crippen molar-refractivity contribution >= 4 is 23.4 Å². The van der Waals surface area contributed by atoms with E-state index in [1.807, 2.05) is 0 Å².